The van der Waals surface area contributed by atoms with Crippen LogP contribution in [0.15, 0.2) is 22.1 Å². The monoisotopic (exact) mass is 313 g/mol. The van der Waals surface area contributed by atoms with Gasteiger partial charge in [-0.25, -0.2) is 0 Å². The number of hydrogen-bond acceptors (Lipinski definition) is 4. The van der Waals surface area contributed by atoms with E-state index in [1.54, 1.807) is 0 Å². The minimum atomic E-state index is -0.296. The van der Waals surface area contributed by atoms with Gasteiger partial charge in [-0.2, -0.15) is 5.26 Å². The van der Waals surface area contributed by atoms with Gasteiger partial charge in [0.25, 0.3) is 5.91 Å². The van der Waals surface area contributed by atoms with Gasteiger partial charge < -0.3 is 14.6 Å². The number of rotatable bonds is 4. The molecule has 0 bridgehead atoms. The van der Waals surface area contributed by atoms with Crippen LogP contribution in [0.25, 0.3) is 6.08 Å². The van der Waals surface area contributed by atoms with Crippen LogP contribution in [0.3, 0.4) is 0 Å². The smallest absolute Gasteiger partial charge is 0.262 e. The van der Waals surface area contributed by atoms with Gasteiger partial charge in [0.05, 0.1) is 0 Å². The molecule has 1 saturated heterocycles. The van der Waals surface area contributed by atoms with Gasteiger partial charge in [0.1, 0.15) is 17.4 Å². The average Bonchev–Trinajstić information content (AvgIpc) is 3.25. The summed E-state index contributed by atoms with van der Waals surface area (Å²) >= 11 is 0. The van der Waals surface area contributed by atoms with Crippen LogP contribution in [0, 0.1) is 11.3 Å². The normalized spacial score (nSPS) is 19.6. The molecule has 2 fully saturated rings. The van der Waals surface area contributed by atoms with E-state index in [1.165, 1.54) is 25.3 Å². The lowest BCUT2D eigenvalue weighted by atomic mass is 10.1. The summed E-state index contributed by atoms with van der Waals surface area (Å²) in [6, 6.07) is 5.94. The molecule has 3 rings (SSSR count). The highest BCUT2D eigenvalue weighted by Crippen LogP contribution is 2.24. The van der Waals surface area contributed by atoms with Crippen LogP contribution < -0.4 is 10.2 Å². The molecule has 1 aromatic heterocycles. The van der Waals surface area contributed by atoms with E-state index in [4.69, 9.17) is 4.42 Å². The molecule has 0 atom stereocenters. The van der Waals surface area contributed by atoms with E-state index in [-0.39, 0.29) is 17.5 Å². The molecule has 1 aliphatic heterocycles. The number of hydrogen-bond donors (Lipinski definition) is 1. The Labute approximate surface area is 136 Å². The van der Waals surface area contributed by atoms with Crippen LogP contribution >= 0.6 is 0 Å². The number of nitriles is 1. The lowest BCUT2D eigenvalue weighted by molar-refractivity contribution is -0.117. The Morgan fingerprint density at radius 2 is 1.96 bits per heavy atom. The predicted octanol–water partition coefficient (Wildman–Crippen LogP) is 3.24. The summed E-state index contributed by atoms with van der Waals surface area (Å²) < 4.78 is 5.79. The Morgan fingerprint density at radius 1 is 1.22 bits per heavy atom. The van der Waals surface area contributed by atoms with Crippen molar-refractivity contribution < 1.29 is 9.21 Å². The van der Waals surface area contributed by atoms with Gasteiger partial charge in [0.2, 0.25) is 0 Å². The highest BCUT2D eigenvalue weighted by atomic mass is 16.4. The fraction of sp³-hybridized carbons (Fsp3) is 0.556. The number of anilines is 1. The largest absolute Gasteiger partial charge is 0.441 e. The number of nitrogens with one attached hydrogen (secondary N) is 1. The van der Waals surface area contributed by atoms with Gasteiger partial charge in [0, 0.05) is 31.3 Å². The maximum absolute atomic E-state index is 12.2. The van der Waals surface area contributed by atoms with Crippen molar-refractivity contribution in [2.24, 2.45) is 0 Å². The third-order valence-electron chi connectivity index (χ3n) is 4.62. The molecule has 0 unspecified atom stereocenters. The van der Waals surface area contributed by atoms with Gasteiger partial charge in [-0.3, -0.25) is 4.79 Å². The minimum Gasteiger partial charge on any atom is -0.441 e. The summed E-state index contributed by atoms with van der Waals surface area (Å²) in [4.78, 5) is 14.4. The highest BCUT2D eigenvalue weighted by molar-refractivity contribution is 6.01. The van der Waals surface area contributed by atoms with Crippen molar-refractivity contribution in [1.82, 2.24) is 5.32 Å². The summed E-state index contributed by atoms with van der Waals surface area (Å²) in [7, 11) is 0. The number of amides is 1. The van der Waals surface area contributed by atoms with Crippen LogP contribution in [0.4, 0.5) is 5.88 Å². The molecule has 1 saturated carbocycles. The zero-order chi connectivity index (χ0) is 16.1. The van der Waals surface area contributed by atoms with E-state index in [9.17, 15) is 10.1 Å². The van der Waals surface area contributed by atoms with Gasteiger partial charge in [0.15, 0.2) is 5.88 Å². The second kappa shape index (κ2) is 7.36. The lowest BCUT2D eigenvalue weighted by Gasteiger charge is -2.25. The molecule has 0 aromatic carbocycles. The second-order valence-corrected chi connectivity index (χ2v) is 6.35. The molecule has 0 radical (unpaired) electrons. The summed E-state index contributed by atoms with van der Waals surface area (Å²) in [5.41, 5.74) is 0.108. The third kappa shape index (κ3) is 3.95. The third-order valence-corrected chi connectivity index (χ3v) is 4.62. The highest BCUT2D eigenvalue weighted by Gasteiger charge is 2.20. The standard InChI is InChI=1S/C18H23N3O2/c19-13-14(18(22)20-15-6-2-3-7-15)12-16-8-9-17(23-16)21-10-4-1-5-11-21/h8-9,12,15H,1-7,10-11H2,(H,20,22)/b14-12-. The molecule has 5 heteroatoms. The summed E-state index contributed by atoms with van der Waals surface area (Å²) in [5.74, 6) is 1.09. The number of carbonyl (C=O) groups is 1. The molecule has 1 N–H and O–H groups in total. The van der Waals surface area contributed by atoms with E-state index >= 15 is 0 Å². The van der Waals surface area contributed by atoms with Crippen molar-refractivity contribution in [2.45, 2.75) is 51.0 Å². The van der Waals surface area contributed by atoms with Crippen LogP contribution in [-0.4, -0.2) is 25.0 Å². The molecule has 5 nitrogen and oxygen atoms in total. The number of nitrogens with zero attached hydrogens (tertiary/aromatic N) is 2. The minimum absolute atomic E-state index is 0.108. The summed E-state index contributed by atoms with van der Waals surface area (Å²) in [6.45, 7) is 2.01. The zero-order valence-electron chi connectivity index (χ0n) is 13.4. The molecule has 23 heavy (non-hydrogen) atoms. The maximum atomic E-state index is 12.2. The van der Waals surface area contributed by atoms with Crippen molar-refractivity contribution in [1.29, 1.82) is 5.26 Å². The van der Waals surface area contributed by atoms with Crippen LogP contribution in [0.5, 0.6) is 0 Å². The molecule has 1 amide bonds. The van der Waals surface area contributed by atoms with E-state index in [2.05, 4.69) is 10.2 Å². The van der Waals surface area contributed by atoms with E-state index in [0.29, 0.717) is 5.76 Å². The fourth-order valence-corrected chi connectivity index (χ4v) is 3.33. The average molecular weight is 313 g/mol. The van der Waals surface area contributed by atoms with Crippen molar-refractivity contribution >= 4 is 17.9 Å². The Bertz CT molecular complexity index is 614. The topological polar surface area (TPSA) is 69.3 Å². The Balaban J connectivity index is 1.67. The van der Waals surface area contributed by atoms with Crippen LogP contribution in [0.2, 0.25) is 0 Å². The first-order chi connectivity index (χ1) is 11.3. The summed E-state index contributed by atoms with van der Waals surface area (Å²) in [6.07, 6.45) is 9.47. The molecule has 2 heterocycles. The first-order valence-electron chi connectivity index (χ1n) is 8.54. The molecule has 0 spiro atoms. The first kappa shape index (κ1) is 15.7. The quantitative estimate of drug-likeness (QED) is 0.684. The SMILES string of the molecule is N#C/C(=C/c1ccc(N2CCCCC2)o1)C(=O)NC1CCCC1. The van der Waals surface area contributed by atoms with Crippen LogP contribution in [-0.2, 0) is 4.79 Å². The zero-order valence-corrected chi connectivity index (χ0v) is 13.4. The number of piperidine rings is 1. The van der Waals surface area contributed by atoms with E-state index in [0.717, 1.165) is 44.7 Å². The Morgan fingerprint density at radius 3 is 2.65 bits per heavy atom. The molecule has 1 aliphatic carbocycles. The van der Waals surface area contributed by atoms with Gasteiger partial charge in [-0.1, -0.05) is 12.8 Å². The first-order valence-corrected chi connectivity index (χ1v) is 8.54. The number of carbonyl (C=O) groups excluding carboxylic acids is 1. The molecule has 2 aliphatic rings. The molecule has 1 aromatic rings. The molecular weight excluding hydrogens is 290 g/mol. The Hall–Kier alpha value is -2.22. The molecule has 122 valence electrons. The fourth-order valence-electron chi connectivity index (χ4n) is 3.33. The number of furan rings is 1. The van der Waals surface area contributed by atoms with Crippen molar-refractivity contribution in [3.05, 3.63) is 23.5 Å². The van der Waals surface area contributed by atoms with E-state index < -0.39 is 0 Å². The van der Waals surface area contributed by atoms with Crippen molar-refractivity contribution in [3.63, 3.8) is 0 Å². The van der Waals surface area contributed by atoms with Crippen molar-refractivity contribution in [3.8, 4) is 6.07 Å². The van der Waals surface area contributed by atoms with Gasteiger partial charge >= 0.3 is 0 Å². The molecular formula is C18H23N3O2. The van der Waals surface area contributed by atoms with Crippen LogP contribution in [0.1, 0.15) is 50.7 Å². The second-order valence-electron chi connectivity index (χ2n) is 6.35. The maximum Gasteiger partial charge on any atom is 0.262 e. The van der Waals surface area contributed by atoms with E-state index in [1.807, 2.05) is 18.2 Å². The van der Waals surface area contributed by atoms with Gasteiger partial charge in [-0.05, 0) is 38.2 Å². The Kier molecular flexibility index (Phi) is 5.02. The van der Waals surface area contributed by atoms with Crippen molar-refractivity contribution in [2.75, 3.05) is 18.0 Å². The van der Waals surface area contributed by atoms with Gasteiger partial charge in [-0.15, -0.1) is 0 Å². The lowest BCUT2D eigenvalue weighted by Crippen LogP contribution is -2.33. The predicted molar refractivity (Wildman–Crippen MR) is 88.8 cm³/mol. The summed E-state index contributed by atoms with van der Waals surface area (Å²) in [5, 5.41) is 12.2.